The van der Waals surface area contributed by atoms with Gasteiger partial charge in [0.2, 0.25) is 0 Å². The lowest BCUT2D eigenvalue weighted by Crippen LogP contribution is -2.35. The molecule has 1 aromatic carbocycles. The molecule has 1 aromatic rings. The van der Waals surface area contributed by atoms with Crippen LogP contribution >= 0.6 is 0 Å². The summed E-state index contributed by atoms with van der Waals surface area (Å²) in [6, 6.07) is 7.93. The minimum Gasteiger partial charge on any atom is -0.481 e. The molecule has 9 heteroatoms. The van der Waals surface area contributed by atoms with Crippen LogP contribution in [0.25, 0.3) is 0 Å². The number of carboxylic acid groups (broad SMARTS) is 2. The number of hydrogen-bond acceptors (Lipinski definition) is 5. The van der Waals surface area contributed by atoms with Crippen LogP contribution in [0.5, 0.6) is 0 Å². The van der Waals surface area contributed by atoms with Gasteiger partial charge in [-0.05, 0) is 18.4 Å². The highest BCUT2D eigenvalue weighted by molar-refractivity contribution is 7.85. The largest absolute Gasteiger partial charge is 0.481 e. The summed E-state index contributed by atoms with van der Waals surface area (Å²) in [6.07, 6.45) is 0.934. The number of rotatable bonds is 6. The molecule has 0 aliphatic carbocycles. The van der Waals surface area contributed by atoms with E-state index in [0.717, 1.165) is 5.56 Å². The minimum atomic E-state index is -3.67. The molecule has 0 bridgehead atoms. The molecule has 0 aromatic heterocycles. The zero-order valence-corrected chi connectivity index (χ0v) is 12.7. The second kappa shape index (κ2) is 9.13. The molecule has 0 fully saturated rings. The van der Waals surface area contributed by atoms with Crippen LogP contribution in [0.1, 0.15) is 12.0 Å². The molecule has 0 spiro atoms. The summed E-state index contributed by atoms with van der Waals surface area (Å²) in [5.41, 5.74) is 6.20. The van der Waals surface area contributed by atoms with Gasteiger partial charge >= 0.3 is 11.9 Å². The quantitative estimate of drug-likeness (QED) is 0.539. The monoisotopic (exact) mass is 333 g/mol. The molecule has 2 atom stereocenters. The highest BCUT2D eigenvalue weighted by Crippen LogP contribution is 2.14. The maximum atomic E-state index is 11.0. The summed E-state index contributed by atoms with van der Waals surface area (Å²) in [7, 11) is -3.67. The fourth-order valence-corrected chi connectivity index (χ4v) is 1.58. The summed E-state index contributed by atoms with van der Waals surface area (Å²) in [4.78, 5) is 21.6. The zero-order valence-electron chi connectivity index (χ0n) is 11.9. The molecular formula is C13H19NO7S. The Morgan fingerprint density at radius 2 is 1.59 bits per heavy atom. The zero-order chi connectivity index (χ0) is 17.3. The number of nitrogens with two attached hydrogens (primary N) is 1. The summed E-state index contributed by atoms with van der Waals surface area (Å²) in [5, 5.41) is 17.7. The van der Waals surface area contributed by atoms with Crippen molar-refractivity contribution in [3.63, 3.8) is 0 Å². The highest BCUT2D eigenvalue weighted by atomic mass is 32.2. The number of carbonyl (C=O) groups is 2. The van der Waals surface area contributed by atoms with Crippen LogP contribution in [0, 0.1) is 5.92 Å². The molecule has 0 saturated heterocycles. The van der Waals surface area contributed by atoms with E-state index in [2.05, 4.69) is 0 Å². The topological polar surface area (TPSA) is 155 Å². The van der Waals surface area contributed by atoms with E-state index in [4.69, 9.17) is 20.5 Å². The SMILES string of the molecule is CS(=O)(=O)O.N[C@@H](CC(Cc1ccccc1)C(=O)O)C(=O)O. The van der Waals surface area contributed by atoms with E-state index in [1.807, 2.05) is 30.3 Å². The molecule has 124 valence electrons. The normalized spacial score (nSPS) is 13.4. The van der Waals surface area contributed by atoms with E-state index < -0.39 is 34.0 Å². The first-order valence-corrected chi connectivity index (χ1v) is 8.03. The molecule has 0 radical (unpaired) electrons. The van der Waals surface area contributed by atoms with Gasteiger partial charge in [0.15, 0.2) is 0 Å². The van der Waals surface area contributed by atoms with Gasteiger partial charge in [0.25, 0.3) is 10.1 Å². The van der Waals surface area contributed by atoms with Crippen LogP contribution in [-0.4, -0.2) is 47.4 Å². The second-order valence-corrected chi connectivity index (χ2v) is 6.10. The molecule has 1 unspecified atom stereocenters. The molecule has 0 aliphatic rings. The van der Waals surface area contributed by atoms with Crippen molar-refractivity contribution in [2.45, 2.75) is 18.9 Å². The Hall–Kier alpha value is -1.97. The van der Waals surface area contributed by atoms with Gasteiger partial charge in [-0.3, -0.25) is 14.1 Å². The Morgan fingerprint density at radius 1 is 1.14 bits per heavy atom. The standard InChI is InChI=1S/C12H15NO4.CH4O3S/c13-10(12(16)17)7-9(11(14)15)6-8-4-2-1-3-5-8;1-5(2,3)4/h1-5,9-10H,6-7,13H2,(H,14,15)(H,16,17);1H3,(H,2,3,4)/t9?,10-;/m0./s1. The smallest absolute Gasteiger partial charge is 0.320 e. The Balaban J connectivity index is 0.000000763. The Bertz CT molecular complexity index is 578. The van der Waals surface area contributed by atoms with E-state index in [9.17, 15) is 18.0 Å². The van der Waals surface area contributed by atoms with E-state index in [0.29, 0.717) is 6.26 Å². The molecular weight excluding hydrogens is 314 g/mol. The van der Waals surface area contributed by atoms with Crippen molar-refractivity contribution in [1.29, 1.82) is 0 Å². The lowest BCUT2D eigenvalue weighted by molar-refractivity contribution is -0.143. The van der Waals surface area contributed by atoms with Crippen LogP contribution in [0.3, 0.4) is 0 Å². The summed E-state index contributed by atoms with van der Waals surface area (Å²) in [5.74, 6) is -2.97. The summed E-state index contributed by atoms with van der Waals surface area (Å²) < 4.78 is 25.9. The predicted octanol–water partition coefficient (Wildman–Crippen LogP) is 0.236. The molecule has 0 saturated carbocycles. The van der Waals surface area contributed by atoms with Gasteiger partial charge in [0.05, 0.1) is 12.2 Å². The summed E-state index contributed by atoms with van der Waals surface area (Å²) in [6.45, 7) is 0. The lowest BCUT2D eigenvalue weighted by Gasteiger charge is -2.14. The van der Waals surface area contributed by atoms with Crippen LogP contribution in [-0.2, 0) is 26.1 Å². The molecule has 5 N–H and O–H groups in total. The molecule has 8 nitrogen and oxygen atoms in total. The van der Waals surface area contributed by atoms with E-state index in [1.54, 1.807) is 0 Å². The van der Waals surface area contributed by atoms with Crippen LogP contribution in [0.15, 0.2) is 30.3 Å². The van der Waals surface area contributed by atoms with Gasteiger partial charge < -0.3 is 15.9 Å². The van der Waals surface area contributed by atoms with Gasteiger partial charge in [0, 0.05) is 0 Å². The van der Waals surface area contributed by atoms with Crippen molar-refractivity contribution in [3.05, 3.63) is 35.9 Å². The van der Waals surface area contributed by atoms with Crippen molar-refractivity contribution in [3.8, 4) is 0 Å². The number of hydrogen-bond donors (Lipinski definition) is 4. The Kier molecular flexibility index (Phi) is 8.31. The molecule has 0 amide bonds. The van der Waals surface area contributed by atoms with Crippen molar-refractivity contribution < 1.29 is 32.8 Å². The first kappa shape index (κ1) is 20.0. The average molecular weight is 333 g/mol. The average Bonchev–Trinajstić information content (AvgIpc) is 2.36. The maximum Gasteiger partial charge on any atom is 0.320 e. The van der Waals surface area contributed by atoms with E-state index >= 15 is 0 Å². The minimum absolute atomic E-state index is 0.0699. The first-order chi connectivity index (χ1) is 10.0. The number of benzene rings is 1. The third-order valence-corrected chi connectivity index (χ3v) is 2.53. The molecule has 1 rings (SSSR count). The predicted molar refractivity (Wildman–Crippen MR) is 79.0 cm³/mol. The van der Waals surface area contributed by atoms with Crippen LogP contribution < -0.4 is 5.73 Å². The Morgan fingerprint density at radius 3 is 1.95 bits per heavy atom. The van der Waals surface area contributed by atoms with Gasteiger partial charge in [-0.1, -0.05) is 30.3 Å². The third kappa shape index (κ3) is 10.8. The third-order valence-electron chi connectivity index (χ3n) is 2.53. The van der Waals surface area contributed by atoms with E-state index in [-0.39, 0.29) is 12.8 Å². The van der Waals surface area contributed by atoms with E-state index in [1.165, 1.54) is 0 Å². The fourth-order valence-electron chi connectivity index (χ4n) is 1.58. The number of aliphatic carboxylic acids is 2. The highest BCUT2D eigenvalue weighted by Gasteiger charge is 2.24. The molecule has 0 heterocycles. The fraction of sp³-hybridized carbons (Fsp3) is 0.385. The molecule has 22 heavy (non-hydrogen) atoms. The van der Waals surface area contributed by atoms with Gasteiger partial charge in [0.1, 0.15) is 6.04 Å². The Labute approximate surface area is 128 Å². The van der Waals surface area contributed by atoms with Crippen LogP contribution in [0.4, 0.5) is 0 Å². The number of carboxylic acids is 2. The second-order valence-electron chi connectivity index (χ2n) is 4.64. The van der Waals surface area contributed by atoms with Gasteiger partial charge in [-0.25, -0.2) is 0 Å². The van der Waals surface area contributed by atoms with Gasteiger partial charge in [-0.2, -0.15) is 8.42 Å². The molecule has 0 aliphatic heterocycles. The maximum absolute atomic E-state index is 11.0. The van der Waals surface area contributed by atoms with Crippen molar-refractivity contribution in [1.82, 2.24) is 0 Å². The lowest BCUT2D eigenvalue weighted by atomic mass is 9.93. The van der Waals surface area contributed by atoms with Crippen molar-refractivity contribution >= 4 is 22.1 Å². The summed E-state index contributed by atoms with van der Waals surface area (Å²) >= 11 is 0. The van der Waals surface area contributed by atoms with Crippen molar-refractivity contribution in [2.75, 3.05) is 6.26 Å². The van der Waals surface area contributed by atoms with Crippen molar-refractivity contribution in [2.24, 2.45) is 11.7 Å². The van der Waals surface area contributed by atoms with Gasteiger partial charge in [-0.15, -0.1) is 0 Å². The first-order valence-electron chi connectivity index (χ1n) is 6.18. The van der Waals surface area contributed by atoms with Crippen LogP contribution in [0.2, 0.25) is 0 Å².